The number of methoxy groups -OCH3 is 1. The molecular formula is C29H30F3N9O3. The molecule has 230 valence electrons. The van der Waals surface area contributed by atoms with E-state index in [4.69, 9.17) is 14.7 Å². The molecule has 5 rings (SSSR count). The molecule has 15 heteroatoms. The number of nitrogens with one attached hydrogen (secondary N) is 1. The van der Waals surface area contributed by atoms with E-state index in [0.717, 1.165) is 29.7 Å². The zero-order valence-corrected chi connectivity index (χ0v) is 24.0. The lowest BCUT2D eigenvalue weighted by Gasteiger charge is -2.19. The molecule has 1 aliphatic heterocycles. The molecule has 3 aromatic heterocycles. The third kappa shape index (κ3) is 7.14. The van der Waals surface area contributed by atoms with Gasteiger partial charge in [-0.3, -0.25) is 4.79 Å². The van der Waals surface area contributed by atoms with Crippen LogP contribution < -0.4 is 20.5 Å². The largest absolute Gasteiger partial charge is 0.497 e. The van der Waals surface area contributed by atoms with Crippen LogP contribution in [0.25, 0.3) is 0 Å². The number of hydrogen-bond donors (Lipinski definition) is 1. The van der Waals surface area contributed by atoms with Crippen molar-refractivity contribution < 1.29 is 22.6 Å². The number of pyridine rings is 1. The van der Waals surface area contributed by atoms with Crippen molar-refractivity contribution in [3.63, 3.8) is 0 Å². The highest BCUT2D eigenvalue weighted by molar-refractivity contribution is 5.50. The van der Waals surface area contributed by atoms with Gasteiger partial charge in [0.15, 0.2) is 0 Å². The summed E-state index contributed by atoms with van der Waals surface area (Å²) in [6.45, 7) is 3.12. The maximum atomic E-state index is 14.0. The molecule has 0 spiro atoms. The summed E-state index contributed by atoms with van der Waals surface area (Å²) in [4.78, 5) is 19.3. The molecule has 44 heavy (non-hydrogen) atoms. The Balaban J connectivity index is 1.15. The van der Waals surface area contributed by atoms with Gasteiger partial charge in [-0.25, -0.2) is 14.3 Å². The van der Waals surface area contributed by atoms with Crippen molar-refractivity contribution in [1.82, 2.24) is 29.8 Å². The summed E-state index contributed by atoms with van der Waals surface area (Å²) in [5.74, 6) is 1.37. The second kappa shape index (κ2) is 13.1. The van der Waals surface area contributed by atoms with Gasteiger partial charge in [0.1, 0.15) is 28.9 Å². The van der Waals surface area contributed by atoms with Gasteiger partial charge in [0.2, 0.25) is 0 Å². The fraction of sp³-hybridized carbons (Fsp3) is 0.379. The average Bonchev–Trinajstić information content (AvgIpc) is 3.69. The van der Waals surface area contributed by atoms with E-state index in [1.807, 2.05) is 6.07 Å². The smallest absolute Gasteiger partial charge is 0.423 e. The van der Waals surface area contributed by atoms with E-state index in [-0.39, 0.29) is 25.8 Å². The first-order valence-corrected chi connectivity index (χ1v) is 13.8. The number of anilines is 2. The monoisotopic (exact) mass is 609 g/mol. The Labute approximate surface area is 250 Å². The third-order valence-corrected chi connectivity index (χ3v) is 7.13. The van der Waals surface area contributed by atoms with E-state index in [2.05, 4.69) is 36.7 Å². The molecule has 1 saturated heterocycles. The molecule has 0 bridgehead atoms. The van der Waals surface area contributed by atoms with Gasteiger partial charge in [-0.1, -0.05) is 17.3 Å². The summed E-state index contributed by atoms with van der Waals surface area (Å²) >= 11 is 0. The lowest BCUT2D eigenvalue weighted by Crippen LogP contribution is -2.34. The molecular weight excluding hydrogens is 579 g/mol. The van der Waals surface area contributed by atoms with E-state index >= 15 is 0 Å². The predicted molar refractivity (Wildman–Crippen MR) is 153 cm³/mol. The van der Waals surface area contributed by atoms with Crippen molar-refractivity contribution in [3.05, 3.63) is 87.7 Å². The Morgan fingerprint density at radius 3 is 2.66 bits per heavy atom. The van der Waals surface area contributed by atoms with Gasteiger partial charge in [0.05, 0.1) is 56.6 Å². The molecule has 1 N–H and O–H groups in total. The SMILES string of the molecule is COc1ccc(Cn2ncc(NC(C)COCc3cn(C4CCN(c5ccc(C#N)cn5)C4)nn3)c(C(F)(F)F)c2=O)cc1. The molecule has 4 heterocycles. The van der Waals surface area contributed by atoms with Gasteiger partial charge in [-0.05, 0) is 43.2 Å². The molecule has 2 unspecified atom stereocenters. The summed E-state index contributed by atoms with van der Waals surface area (Å²) in [6.07, 6.45) is 0.276. The van der Waals surface area contributed by atoms with Crippen LogP contribution in [-0.4, -0.2) is 62.6 Å². The fourth-order valence-corrected chi connectivity index (χ4v) is 4.90. The van der Waals surface area contributed by atoms with Crippen LogP contribution in [0.4, 0.5) is 24.7 Å². The van der Waals surface area contributed by atoms with E-state index in [1.165, 1.54) is 7.11 Å². The van der Waals surface area contributed by atoms with Gasteiger partial charge in [-0.15, -0.1) is 5.10 Å². The van der Waals surface area contributed by atoms with Crippen molar-refractivity contribution in [3.8, 4) is 11.8 Å². The predicted octanol–water partition coefficient (Wildman–Crippen LogP) is 3.65. The standard InChI is InChI=1S/C29H30F3N9O3/c1-19(36-25-13-35-41(28(42)27(25)29(30,31)32)14-20-3-6-24(43-2)7-4-20)17-44-18-22-15-40(38-37-22)23-9-10-39(16-23)26-8-5-21(11-33)12-34-26/h3-8,12-13,15,19,23,36H,9-10,14,16-18H2,1-2H3. The number of nitrogens with zero attached hydrogens (tertiary/aromatic N) is 8. The molecule has 2 atom stereocenters. The quantitative estimate of drug-likeness (QED) is 0.268. The van der Waals surface area contributed by atoms with Gasteiger partial charge in [0.25, 0.3) is 5.56 Å². The Morgan fingerprint density at radius 2 is 1.98 bits per heavy atom. The highest BCUT2D eigenvalue weighted by Gasteiger charge is 2.38. The van der Waals surface area contributed by atoms with E-state index in [0.29, 0.717) is 29.1 Å². The topological polar surface area (TPSA) is 136 Å². The molecule has 1 fully saturated rings. The highest BCUT2D eigenvalue weighted by Crippen LogP contribution is 2.32. The zero-order chi connectivity index (χ0) is 31.3. The molecule has 12 nitrogen and oxygen atoms in total. The van der Waals surface area contributed by atoms with Gasteiger partial charge in [0, 0.05) is 25.3 Å². The van der Waals surface area contributed by atoms with Crippen molar-refractivity contribution >= 4 is 11.5 Å². The summed E-state index contributed by atoms with van der Waals surface area (Å²) in [6, 6.07) is 11.7. The molecule has 4 aromatic rings. The van der Waals surface area contributed by atoms with Crippen LogP contribution in [0.1, 0.15) is 41.8 Å². The number of hydrogen-bond acceptors (Lipinski definition) is 10. The van der Waals surface area contributed by atoms with Crippen LogP contribution in [0.15, 0.2) is 59.8 Å². The lowest BCUT2D eigenvalue weighted by atomic mass is 10.2. The first-order chi connectivity index (χ1) is 21.1. The zero-order valence-electron chi connectivity index (χ0n) is 24.0. The number of ether oxygens (including phenoxy) is 2. The van der Waals surface area contributed by atoms with E-state index in [1.54, 1.807) is 54.3 Å². The number of alkyl halides is 3. The molecule has 0 saturated carbocycles. The maximum absolute atomic E-state index is 14.0. The molecule has 0 aliphatic carbocycles. The number of aromatic nitrogens is 6. The van der Waals surface area contributed by atoms with Crippen LogP contribution in [-0.2, 0) is 24.1 Å². The molecule has 1 aliphatic rings. The van der Waals surface area contributed by atoms with Crippen molar-refractivity contribution in [2.45, 2.75) is 44.8 Å². The van der Waals surface area contributed by atoms with Crippen LogP contribution in [0.5, 0.6) is 5.75 Å². The second-order valence-corrected chi connectivity index (χ2v) is 10.4. The highest BCUT2D eigenvalue weighted by atomic mass is 19.4. The minimum atomic E-state index is -4.89. The average molecular weight is 610 g/mol. The Hall–Kier alpha value is -4.97. The van der Waals surface area contributed by atoms with Gasteiger partial charge in [-0.2, -0.15) is 23.5 Å². The summed E-state index contributed by atoms with van der Waals surface area (Å²) in [7, 11) is 1.50. The Bertz CT molecular complexity index is 1670. The van der Waals surface area contributed by atoms with Crippen LogP contribution in [0, 0.1) is 11.3 Å². The number of halogens is 3. The van der Waals surface area contributed by atoms with Crippen LogP contribution in [0.2, 0.25) is 0 Å². The van der Waals surface area contributed by atoms with Crippen molar-refractivity contribution in [2.24, 2.45) is 0 Å². The first kappa shape index (κ1) is 30.5. The fourth-order valence-electron chi connectivity index (χ4n) is 4.90. The van der Waals surface area contributed by atoms with Crippen molar-refractivity contribution in [2.75, 3.05) is 37.0 Å². The lowest BCUT2D eigenvalue weighted by molar-refractivity contribution is -0.138. The second-order valence-electron chi connectivity index (χ2n) is 10.4. The molecule has 0 radical (unpaired) electrons. The van der Waals surface area contributed by atoms with Crippen LogP contribution in [0.3, 0.4) is 0 Å². The Kier molecular flexibility index (Phi) is 9.09. The summed E-state index contributed by atoms with van der Waals surface area (Å²) < 4.78 is 55.2. The van der Waals surface area contributed by atoms with Gasteiger partial charge >= 0.3 is 6.18 Å². The number of nitriles is 1. The molecule has 1 aromatic carbocycles. The molecule has 0 amide bonds. The maximum Gasteiger partial charge on any atom is 0.423 e. The first-order valence-electron chi connectivity index (χ1n) is 13.8. The van der Waals surface area contributed by atoms with Crippen LogP contribution >= 0.6 is 0 Å². The third-order valence-electron chi connectivity index (χ3n) is 7.13. The number of benzene rings is 1. The number of rotatable bonds is 11. The van der Waals surface area contributed by atoms with Gasteiger partial charge < -0.3 is 19.7 Å². The summed E-state index contributed by atoms with van der Waals surface area (Å²) in [5.41, 5.74) is -1.31. The Morgan fingerprint density at radius 1 is 1.18 bits per heavy atom. The van der Waals surface area contributed by atoms with E-state index < -0.39 is 29.0 Å². The minimum absolute atomic E-state index is 0.0423. The normalized spacial score (nSPS) is 15.6. The van der Waals surface area contributed by atoms with E-state index in [9.17, 15) is 18.0 Å². The minimum Gasteiger partial charge on any atom is -0.497 e. The summed E-state index contributed by atoms with van der Waals surface area (Å²) in [5, 5.41) is 24.0. The van der Waals surface area contributed by atoms with Crippen molar-refractivity contribution in [1.29, 1.82) is 5.26 Å².